The maximum Gasteiger partial charge on any atom is 0.416 e. The number of hydrogen-bond acceptors (Lipinski definition) is 5. The van der Waals surface area contributed by atoms with Crippen molar-refractivity contribution in [3.8, 4) is 11.1 Å². The number of pyridine rings is 1. The number of nitrogens with two attached hydrogens (primary N) is 2. The van der Waals surface area contributed by atoms with Crippen molar-refractivity contribution in [2.45, 2.75) is 59.5 Å². The van der Waals surface area contributed by atoms with E-state index in [2.05, 4.69) is 13.8 Å². The number of alkyl halides is 3. The fourth-order valence-electron chi connectivity index (χ4n) is 4.14. The number of carbonyl (C=O) groups excluding carboxylic acids is 1. The molecule has 0 aliphatic heterocycles. The summed E-state index contributed by atoms with van der Waals surface area (Å²) in [5, 5.41) is 0. The summed E-state index contributed by atoms with van der Waals surface area (Å²) in [4.78, 5) is 17.6. The topological polar surface area (TPSA) is 91.2 Å². The van der Waals surface area contributed by atoms with E-state index in [0.29, 0.717) is 23.7 Å². The first kappa shape index (κ1) is 27.4. The molecule has 0 bridgehead atoms. The minimum atomic E-state index is -4.42. The Hall–Kier alpha value is -3.23. The number of esters is 1. The largest absolute Gasteiger partial charge is 0.461 e. The standard InChI is InChI=1S/C28H32F3N3O2/c1-17(2)12-25-24(15-33)27(21-8-4-19(14-32)5-9-21)23(18(3)34-25)13-26(35)36-16-20-6-10-22(11-7-20)28(29,30)31/h4-11,17H,12-16,32-33H2,1-3H3. The summed E-state index contributed by atoms with van der Waals surface area (Å²) in [6, 6.07) is 12.4. The van der Waals surface area contributed by atoms with Crippen LogP contribution in [0.15, 0.2) is 48.5 Å². The molecule has 0 amide bonds. The molecule has 0 radical (unpaired) electrons. The van der Waals surface area contributed by atoms with Crippen LogP contribution < -0.4 is 11.5 Å². The zero-order valence-corrected chi connectivity index (χ0v) is 20.8. The third-order valence-corrected chi connectivity index (χ3v) is 5.98. The molecule has 0 atom stereocenters. The molecule has 2 aromatic carbocycles. The lowest BCUT2D eigenvalue weighted by atomic mass is 9.88. The lowest BCUT2D eigenvalue weighted by Crippen LogP contribution is -2.16. The fraction of sp³-hybridized carbons (Fsp3) is 0.357. The third-order valence-electron chi connectivity index (χ3n) is 5.98. The Morgan fingerprint density at radius 3 is 2.08 bits per heavy atom. The quantitative estimate of drug-likeness (QED) is 0.381. The van der Waals surface area contributed by atoms with Gasteiger partial charge in [-0.2, -0.15) is 13.2 Å². The van der Waals surface area contributed by atoms with Gasteiger partial charge in [0, 0.05) is 24.5 Å². The highest BCUT2D eigenvalue weighted by Crippen LogP contribution is 2.33. The Labute approximate surface area is 209 Å². The van der Waals surface area contributed by atoms with E-state index in [1.54, 1.807) is 0 Å². The molecule has 0 unspecified atom stereocenters. The molecule has 8 heteroatoms. The number of ether oxygens (including phenoxy) is 1. The maximum absolute atomic E-state index is 12.8. The SMILES string of the molecule is Cc1nc(CC(C)C)c(CN)c(-c2ccc(CN)cc2)c1CC(=O)OCc1ccc(C(F)(F)F)cc1. The van der Waals surface area contributed by atoms with Crippen LogP contribution in [0.4, 0.5) is 13.2 Å². The van der Waals surface area contributed by atoms with E-state index in [1.807, 2.05) is 31.2 Å². The number of hydrogen-bond donors (Lipinski definition) is 2. The number of nitrogens with zero attached hydrogens (tertiary/aromatic N) is 1. The average molecular weight is 500 g/mol. The Morgan fingerprint density at radius 2 is 1.56 bits per heavy atom. The van der Waals surface area contributed by atoms with Gasteiger partial charge in [-0.15, -0.1) is 0 Å². The van der Waals surface area contributed by atoms with E-state index in [0.717, 1.165) is 52.1 Å². The molecular weight excluding hydrogens is 467 g/mol. The second kappa shape index (κ2) is 11.7. The van der Waals surface area contributed by atoms with Gasteiger partial charge in [-0.05, 0) is 64.8 Å². The smallest absolute Gasteiger partial charge is 0.416 e. The summed E-state index contributed by atoms with van der Waals surface area (Å²) in [6.45, 7) is 6.64. The van der Waals surface area contributed by atoms with Crippen molar-refractivity contribution >= 4 is 5.97 Å². The fourth-order valence-corrected chi connectivity index (χ4v) is 4.14. The van der Waals surface area contributed by atoms with Crippen LogP contribution >= 0.6 is 0 Å². The predicted molar refractivity (Wildman–Crippen MR) is 134 cm³/mol. The van der Waals surface area contributed by atoms with Gasteiger partial charge >= 0.3 is 12.1 Å². The minimum absolute atomic E-state index is 0.0393. The van der Waals surface area contributed by atoms with Gasteiger partial charge in [0.1, 0.15) is 6.61 Å². The molecule has 192 valence electrons. The molecule has 0 fully saturated rings. The number of halogens is 3. The molecular formula is C28H32F3N3O2. The van der Waals surface area contributed by atoms with Crippen molar-refractivity contribution in [1.29, 1.82) is 0 Å². The Kier molecular flexibility index (Phi) is 8.87. The summed E-state index contributed by atoms with van der Waals surface area (Å²) in [6.07, 6.45) is -3.71. The van der Waals surface area contributed by atoms with E-state index in [9.17, 15) is 18.0 Å². The summed E-state index contributed by atoms with van der Waals surface area (Å²) in [5.74, 6) is -0.131. The van der Waals surface area contributed by atoms with Crippen LogP contribution in [0, 0.1) is 12.8 Å². The molecule has 3 rings (SSSR count). The van der Waals surface area contributed by atoms with E-state index in [-0.39, 0.29) is 19.6 Å². The summed E-state index contributed by atoms with van der Waals surface area (Å²) in [5.41, 5.74) is 17.7. The normalized spacial score (nSPS) is 11.7. The van der Waals surface area contributed by atoms with Gasteiger partial charge in [-0.3, -0.25) is 9.78 Å². The van der Waals surface area contributed by atoms with Gasteiger partial charge in [0.2, 0.25) is 0 Å². The maximum atomic E-state index is 12.8. The van der Waals surface area contributed by atoms with Gasteiger partial charge in [0.15, 0.2) is 0 Å². The molecule has 0 saturated heterocycles. The van der Waals surface area contributed by atoms with Crippen LogP contribution in [0.1, 0.15) is 53.1 Å². The number of aromatic nitrogens is 1. The molecule has 0 saturated carbocycles. The Bertz CT molecular complexity index is 1190. The van der Waals surface area contributed by atoms with Crippen molar-refractivity contribution in [1.82, 2.24) is 4.98 Å². The van der Waals surface area contributed by atoms with Crippen molar-refractivity contribution in [2.24, 2.45) is 17.4 Å². The highest BCUT2D eigenvalue weighted by Gasteiger charge is 2.30. The molecule has 0 spiro atoms. The van der Waals surface area contributed by atoms with Gasteiger partial charge < -0.3 is 16.2 Å². The number of benzene rings is 2. The molecule has 1 heterocycles. The highest BCUT2D eigenvalue weighted by molar-refractivity contribution is 5.80. The van der Waals surface area contributed by atoms with Crippen molar-refractivity contribution in [3.63, 3.8) is 0 Å². The van der Waals surface area contributed by atoms with Crippen LogP contribution in [0.2, 0.25) is 0 Å². The minimum Gasteiger partial charge on any atom is -0.461 e. The lowest BCUT2D eigenvalue weighted by molar-refractivity contribution is -0.144. The zero-order valence-electron chi connectivity index (χ0n) is 20.8. The summed E-state index contributed by atoms with van der Waals surface area (Å²) < 4.78 is 43.8. The molecule has 0 aliphatic rings. The highest BCUT2D eigenvalue weighted by atomic mass is 19.4. The van der Waals surface area contributed by atoms with Gasteiger partial charge in [-0.25, -0.2) is 0 Å². The van der Waals surface area contributed by atoms with Crippen molar-refractivity contribution in [2.75, 3.05) is 0 Å². The van der Waals surface area contributed by atoms with Gasteiger partial charge in [-0.1, -0.05) is 50.2 Å². The second-order valence-corrected chi connectivity index (χ2v) is 9.21. The Balaban J connectivity index is 1.91. The Morgan fingerprint density at radius 1 is 0.944 bits per heavy atom. The van der Waals surface area contributed by atoms with Crippen molar-refractivity contribution < 1.29 is 22.7 Å². The van der Waals surface area contributed by atoms with Crippen LogP contribution in [-0.4, -0.2) is 11.0 Å². The van der Waals surface area contributed by atoms with Crippen molar-refractivity contribution in [3.05, 3.63) is 87.7 Å². The molecule has 3 aromatic rings. The van der Waals surface area contributed by atoms with Crippen LogP contribution in [0.25, 0.3) is 11.1 Å². The monoisotopic (exact) mass is 499 g/mol. The van der Waals surface area contributed by atoms with Crippen LogP contribution in [-0.2, 0) is 48.2 Å². The third kappa shape index (κ3) is 6.71. The van der Waals surface area contributed by atoms with Gasteiger partial charge in [0.05, 0.1) is 12.0 Å². The van der Waals surface area contributed by atoms with E-state index < -0.39 is 17.7 Å². The zero-order chi connectivity index (χ0) is 26.5. The molecule has 0 aliphatic carbocycles. The van der Waals surface area contributed by atoms with E-state index in [1.165, 1.54) is 12.1 Å². The molecule has 1 aromatic heterocycles. The van der Waals surface area contributed by atoms with E-state index in [4.69, 9.17) is 21.2 Å². The molecule has 4 N–H and O–H groups in total. The first-order valence-electron chi connectivity index (χ1n) is 11.9. The first-order chi connectivity index (χ1) is 17.0. The number of rotatable bonds is 9. The van der Waals surface area contributed by atoms with Crippen LogP contribution in [0.3, 0.4) is 0 Å². The second-order valence-electron chi connectivity index (χ2n) is 9.21. The predicted octanol–water partition coefficient (Wildman–Crippen LogP) is 5.48. The van der Waals surface area contributed by atoms with Gasteiger partial charge in [0.25, 0.3) is 0 Å². The summed E-state index contributed by atoms with van der Waals surface area (Å²) in [7, 11) is 0. The first-order valence-corrected chi connectivity index (χ1v) is 11.9. The molecule has 5 nitrogen and oxygen atoms in total. The van der Waals surface area contributed by atoms with E-state index >= 15 is 0 Å². The summed E-state index contributed by atoms with van der Waals surface area (Å²) >= 11 is 0. The average Bonchev–Trinajstić information content (AvgIpc) is 2.83. The van der Waals surface area contributed by atoms with Crippen LogP contribution in [0.5, 0.6) is 0 Å². The lowest BCUT2D eigenvalue weighted by Gasteiger charge is -2.21. The number of carbonyl (C=O) groups is 1. The number of aryl methyl sites for hydroxylation is 1. The molecule has 36 heavy (non-hydrogen) atoms.